The van der Waals surface area contributed by atoms with Crippen LogP contribution >= 0.6 is 34.8 Å². The van der Waals surface area contributed by atoms with E-state index in [1.807, 2.05) is 0 Å². The summed E-state index contributed by atoms with van der Waals surface area (Å²) in [6.07, 6.45) is 0.895. The zero-order valence-electron chi connectivity index (χ0n) is 13.6. The largest absolute Gasteiger partial charge is 0.324 e. The molecule has 0 aliphatic rings. The molecule has 0 radical (unpaired) electrons. The molecule has 0 saturated carbocycles. The minimum absolute atomic E-state index is 0.0158. The molecule has 0 atom stereocenters. The highest BCUT2D eigenvalue weighted by Crippen LogP contribution is 2.35. The number of nitrogens with zero attached hydrogens (tertiary/aromatic N) is 2. The summed E-state index contributed by atoms with van der Waals surface area (Å²) in [5.41, 5.74) is -0.106. The van der Waals surface area contributed by atoms with Crippen LogP contribution in [0.15, 0.2) is 36.4 Å². The number of hydrogen-bond donors (Lipinski definition) is 1. The molecule has 0 aromatic heterocycles. The molecule has 2 aromatic rings. The summed E-state index contributed by atoms with van der Waals surface area (Å²) in [6, 6.07) is 7.72. The number of nitrogens with one attached hydrogen (secondary N) is 1. The molecule has 12 heteroatoms. The van der Waals surface area contributed by atoms with Crippen molar-refractivity contribution in [2.45, 2.75) is 0 Å². The van der Waals surface area contributed by atoms with Gasteiger partial charge in [0.25, 0.3) is 5.69 Å². The monoisotopic (exact) mass is 451 g/mol. The first kappa shape index (κ1) is 21.2. The summed E-state index contributed by atoms with van der Waals surface area (Å²) in [6.45, 7) is -0.626. The minimum Gasteiger partial charge on any atom is -0.324 e. The molecule has 1 amide bonds. The van der Waals surface area contributed by atoms with E-state index in [0.29, 0.717) is 0 Å². The highest BCUT2D eigenvalue weighted by atomic mass is 35.5. The number of carbonyl (C=O) groups is 1. The number of nitro benzene ring substituents is 1. The molecule has 1 N–H and O–H groups in total. The summed E-state index contributed by atoms with van der Waals surface area (Å²) in [4.78, 5) is 22.5. The van der Waals surface area contributed by atoms with Crippen molar-refractivity contribution in [2.24, 2.45) is 0 Å². The Labute approximate surface area is 169 Å². The second kappa shape index (κ2) is 8.30. The van der Waals surface area contributed by atoms with Gasteiger partial charge in [-0.25, -0.2) is 8.42 Å². The van der Waals surface area contributed by atoms with Crippen LogP contribution in [0.5, 0.6) is 0 Å². The second-order valence-electron chi connectivity index (χ2n) is 5.34. The molecule has 27 heavy (non-hydrogen) atoms. The first-order chi connectivity index (χ1) is 12.5. The molecular formula is C15H12Cl3N3O5S. The summed E-state index contributed by atoms with van der Waals surface area (Å²) in [5, 5.41) is 13.4. The Balaban J connectivity index is 2.30. The van der Waals surface area contributed by atoms with E-state index in [1.165, 1.54) is 30.3 Å². The number of benzene rings is 2. The predicted octanol–water partition coefficient (Wildman–Crippen LogP) is 3.96. The van der Waals surface area contributed by atoms with Crippen LogP contribution in [-0.2, 0) is 14.8 Å². The number of non-ortho nitro benzene ring substituents is 1. The van der Waals surface area contributed by atoms with Gasteiger partial charge >= 0.3 is 0 Å². The Hall–Kier alpha value is -2.07. The Morgan fingerprint density at radius 1 is 1.15 bits per heavy atom. The van der Waals surface area contributed by atoms with Gasteiger partial charge in [0.15, 0.2) is 0 Å². The number of hydrogen-bond acceptors (Lipinski definition) is 5. The van der Waals surface area contributed by atoms with E-state index in [1.54, 1.807) is 0 Å². The number of halogens is 3. The molecule has 0 aliphatic heterocycles. The standard InChI is InChI=1S/C15H12Cl3N3O5S/c1-27(25,26)20(14-7-12(17)11(16)6-13(14)18)8-15(22)19-9-3-2-4-10(5-9)21(23)24/h2-7H,8H2,1H3,(H,19,22). The number of sulfonamides is 1. The topological polar surface area (TPSA) is 110 Å². The van der Waals surface area contributed by atoms with Crippen LogP contribution < -0.4 is 9.62 Å². The fraction of sp³-hybridized carbons (Fsp3) is 0.133. The van der Waals surface area contributed by atoms with Crippen LogP contribution in [0.1, 0.15) is 0 Å². The van der Waals surface area contributed by atoms with E-state index in [-0.39, 0.29) is 32.1 Å². The Kier molecular flexibility index (Phi) is 6.53. The quantitative estimate of drug-likeness (QED) is 0.405. The van der Waals surface area contributed by atoms with Crippen molar-refractivity contribution in [3.8, 4) is 0 Å². The van der Waals surface area contributed by atoms with E-state index < -0.39 is 27.4 Å². The van der Waals surface area contributed by atoms with Gasteiger partial charge in [0.1, 0.15) is 6.54 Å². The van der Waals surface area contributed by atoms with Crippen molar-refractivity contribution in [1.29, 1.82) is 0 Å². The Morgan fingerprint density at radius 2 is 1.78 bits per heavy atom. The van der Waals surface area contributed by atoms with Crippen molar-refractivity contribution < 1.29 is 18.1 Å². The van der Waals surface area contributed by atoms with E-state index in [9.17, 15) is 23.3 Å². The van der Waals surface area contributed by atoms with Crippen LogP contribution in [-0.4, -0.2) is 32.0 Å². The summed E-state index contributed by atoms with van der Waals surface area (Å²) >= 11 is 17.8. The molecule has 2 aromatic carbocycles. The lowest BCUT2D eigenvalue weighted by Gasteiger charge is -2.23. The summed E-state index contributed by atoms with van der Waals surface area (Å²) < 4.78 is 25.0. The molecular weight excluding hydrogens is 441 g/mol. The highest BCUT2D eigenvalue weighted by molar-refractivity contribution is 7.92. The van der Waals surface area contributed by atoms with Crippen LogP contribution in [0, 0.1) is 10.1 Å². The maximum absolute atomic E-state index is 12.3. The summed E-state index contributed by atoms with van der Waals surface area (Å²) in [5.74, 6) is -0.733. The van der Waals surface area contributed by atoms with Crippen LogP contribution in [0.2, 0.25) is 15.1 Å². The molecule has 2 rings (SSSR count). The second-order valence-corrected chi connectivity index (χ2v) is 8.47. The van der Waals surface area contributed by atoms with Gasteiger partial charge in [-0.1, -0.05) is 40.9 Å². The van der Waals surface area contributed by atoms with E-state index in [4.69, 9.17) is 34.8 Å². The number of nitro groups is 1. The SMILES string of the molecule is CS(=O)(=O)N(CC(=O)Nc1cccc([N+](=O)[O-])c1)c1cc(Cl)c(Cl)cc1Cl. The lowest BCUT2D eigenvalue weighted by Crippen LogP contribution is -2.37. The third kappa shape index (κ3) is 5.46. The van der Waals surface area contributed by atoms with Crippen molar-refractivity contribution in [3.05, 3.63) is 61.6 Å². The Bertz CT molecular complexity index is 1010. The molecule has 0 heterocycles. The molecule has 0 fully saturated rings. The van der Waals surface area contributed by atoms with Crippen molar-refractivity contribution in [1.82, 2.24) is 0 Å². The smallest absolute Gasteiger partial charge is 0.271 e. The lowest BCUT2D eigenvalue weighted by atomic mass is 10.3. The van der Waals surface area contributed by atoms with E-state index in [2.05, 4.69) is 5.32 Å². The molecule has 0 unspecified atom stereocenters. The van der Waals surface area contributed by atoms with Gasteiger partial charge in [0.2, 0.25) is 15.9 Å². The first-order valence-electron chi connectivity index (χ1n) is 7.15. The van der Waals surface area contributed by atoms with Gasteiger partial charge in [-0.2, -0.15) is 0 Å². The first-order valence-corrected chi connectivity index (χ1v) is 10.1. The van der Waals surface area contributed by atoms with Crippen LogP contribution in [0.25, 0.3) is 0 Å². The third-order valence-corrected chi connectivity index (χ3v) is 5.44. The van der Waals surface area contributed by atoms with Gasteiger partial charge in [-0.05, 0) is 18.2 Å². The van der Waals surface area contributed by atoms with Gasteiger partial charge in [0.05, 0.1) is 31.9 Å². The predicted molar refractivity (Wildman–Crippen MR) is 105 cm³/mol. The molecule has 0 bridgehead atoms. The fourth-order valence-electron chi connectivity index (χ4n) is 2.11. The number of anilines is 2. The maximum Gasteiger partial charge on any atom is 0.271 e. The third-order valence-electron chi connectivity index (χ3n) is 3.29. The lowest BCUT2D eigenvalue weighted by molar-refractivity contribution is -0.384. The van der Waals surface area contributed by atoms with Gasteiger partial charge < -0.3 is 5.32 Å². The minimum atomic E-state index is -3.90. The molecule has 8 nitrogen and oxygen atoms in total. The molecule has 0 spiro atoms. The molecule has 0 aliphatic carbocycles. The highest BCUT2D eigenvalue weighted by Gasteiger charge is 2.24. The zero-order valence-corrected chi connectivity index (χ0v) is 16.7. The Morgan fingerprint density at radius 3 is 2.37 bits per heavy atom. The molecule has 0 saturated heterocycles. The van der Waals surface area contributed by atoms with Crippen molar-refractivity contribution in [2.75, 3.05) is 22.4 Å². The van der Waals surface area contributed by atoms with Crippen LogP contribution in [0.4, 0.5) is 17.1 Å². The number of amides is 1. The van der Waals surface area contributed by atoms with E-state index in [0.717, 1.165) is 16.6 Å². The van der Waals surface area contributed by atoms with E-state index >= 15 is 0 Å². The maximum atomic E-state index is 12.3. The van der Waals surface area contributed by atoms with Gasteiger partial charge in [-0.15, -0.1) is 0 Å². The number of carbonyl (C=O) groups excluding carboxylic acids is 1. The van der Waals surface area contributed by atoms with Gasteiger partial charge in [0, 0.05) is 17.8 Å². The number of rotatable bonds is 6. The average molecular weight is 453 g/mol. The van der Waals surface area contributed by atoms with Crippen molar-refractivity contribution >= 4 is 67.8 Å². The van der Waals surface area contributed by atoms with Gasteiger partial charge in [-0.3, -0.25) is 19.2 Å². The van der Waals surface area contributed by atoms with Crippen LogP contribution in [0.3, 0.4) is 0 Å². The molecule has 144 valence electrons. The average Bonchev–Trinajstić information content (AvgIpc) is 2.55. The fourth-order valence-corrected chi connectivity index (χ4v) is 3.67. The zero-order chi connectivity index (χ0) is 20.4. The normalized spacial score (nSPS) is 11.1. The van der Waals surface area contributed by atoms with Crippen molar-refractivity contribution in [3.63, 3.8) is 0 Å². The summed E-state index contributed by atoms with van der Waals surface area (Å²) in [7, 11) is -3.90.